The largest absolute Gasteiger partial charge is 0.469 e. The Morgan fingerprint density at radius 3 is 2.76 bits per heavy atom. The van der Waals surface area contributed by atoms with Gasteiger partial charge in [0.1, 0.15) is 10.8 Å². The summed E-state index contributed by atoms with van der Waals surface area (Å²) in [7, 11) is 0. The minimum Gasteiger partial charge on any atom is -0.469 e. The number of fused-ring (bicyclic) bond motifs is 1. The van der Waals surface area contributed by atoms with Gasteiger partial charge in [-0.2, -0.15) is 0 Å². The van der Waals surface area contributed by atoms with Gasteiger partial charge in [-0.1, -0.05) is 18.2 Å². The van der Waals surface area contributed by atoms with Crippen molar-refractivity contribution in [1.82, 2.24) is 14.8 Å². The van der Waals surface area contributed by atoms with Gasteiger partial charge in [0.2, 0.25) is 5.91 Å². The van der Waals surface area contributed by atoms with Crippen molar-refractivity contribution in [3.63, 3.8) is 0 Å². The van der Waals surface area contributed by atoms with Crippen LogP contribution >= 0.6 is 23.1 Å². The van der Waals surface area contributed by atoms with Gasteiger partial charge in [-0.25, -0.2) is 4.79 Å². The Morgan fingerprint density at radius 1 is 1.26 bits per heavy atom. The molecule has 0 radical (unpaired) electrons. The van der Waals surface area contributed by atoms with E-state index in [2.05, 4.69) is 29.4 Å². The van der Waals surface area contributed by atoms with Crippen LogP contribution in [0.25, 0.3) is 11.4 Å². The lowest BCUT2D eigenvalue weighted by atomic mass is 10.1. The lowest BCUT2D eigenvalue weighted by Gasteiger charge is -2.13. The standard InChI is InChI=1S/C24H30N4O4S2/c1-5-31-23(30)20-17-9-7-6-8-10-18(17)34-22(20)25-19(29)13-33-24-27-26-21(28(24)14(2)3)16-11-12-32-15(16)4/h11-12,14H,5-10,13H2,1-4H3,(H,25,29). The summed E-state index contributed by atoms with van der Waals surface area (Å²) >= 11 is 2.83. The van der Waals surface area contributed by atoms with Crippen LogP contribution in [0.15, 0.2) is 21.9 Å². The first kappa shape index (κ1) is 24.5. The molecule has 4 rings (SSSR count). The first-order valence-electron chi connectivity index (χ1n) is 11.6. The molecule has 0 spiro atoms. The number of amides is 1. The van der Waals surface area contributed by atoms with Crippen molar-refractivity contribution in [1.29, 1.82) is 0 Å². The Balaban J connectivity index is 1.52. The van der Waals surface area contributed by atoms with E-state index in [1.54, 1.807) is 13.2 Å². The van der Waals surface area contributed by atoms with E-state index in [-0.39, 0.29) is 23.7 Å². The molecule has 1 aliphatic carbocycles. The lowest BCUT2D eigenvalue weighted by molar-refractivity contribution is -0.113. The third-order valence-electron chi connectivity index (χ3n) is 5.77. The highest BCUT2D eigenvalue weighted by atomic mass is 32.2. The average molecular weight is 503 g/mol. The quantitative estimate of drug-likeness (QED) is 0.241. The maximum absolute atomic E-state index is 12.9. The topological polar surface area (TPSA) is 99.2 Å². The van der Waals surface area contributed by atoms with Gasteiger partial charge in [-0.15, -0.1) is 21.5 Å². The molecule has 0 unspecified atom stereocenters. The second-order valence-electron chi connectivity index (χ2n) is 8.49. The number of esters is 1. The monoisotopic (exact) mass is 502 g/mol. The number of ether oxygens (including phenoxy) is 1. The highest BCUT2D eigenvalue weighted by molar-refractivity contribution is 7.99. The first-order chi connectivity index (χ1) is 16.4. The zero-order chi connectivity index (χ0) is 24.2. The minimum absolute atomic E-state index is 0.105. The van der Waals surface area contributed by atoms with Gasteiger partial charge in [0.25, 0.3) is 0 Å². The van der Waals surface area contributed by atoms with Crippen molar-refractivity contribution < 1.29 is 18.7 Å². The molecular weight excluding hydrogens is 472 g/mol. The molecule has 182 valence electrons. The van der Waals surface area contributed by atoms with Crippen LogP contribution in [-0.4, -0.2) is 39.0 Å². The van der Waals surface area contributed by atoms with Crippen LogP contribution in [0, 0.1) is 6.92 Å². The van der Waals surface area contributed by atoms with E-state index in [4.69, 9.17) is 9.15 Å². The molecule has 10 heteroatoms. The molecule has 0 fully saturated rings. The maximum Gasteiger partial charge on any atom is 0.341 e. The summed E-state index contributed by atoms with van der Waals surface area (Å²) in [5.41, 5.74) is 2.46. The lowest BCUT2D eigenvalue weighted by Crippen LogP contribution is -2.17. The Bertz CT molecular complexity index is 1180. The molecule has 3 heterocycles. The summed E-state index contributed by atoms with van der Waals surface area (Å²) in [5.74, 6) is 1.10. The van der Waals surface area contributed by atoms with Crippen molar-refractivity contribution in [3.05, 3.63) is 34.1 Å². The second kappa shape index (κ2) is 10.8. The van der Waals surface area contributed by atoms with Crippen LogP contribution in [0.1, 0.15) is 72.6 Å². The van der Waals surface area contributed by atoms with E-state index >= 15 is 0 Å². The summed E-state index contributed by atoms with van der Waals surface area (Å²) < 4.78 is 12.8. The summed E-state index contributed by atoms with van der Waals surface area (Å²) in [6.45, 7) is 8.09. The van der Waals surface area contributed by atoms with Gasteiger partial charge < -0.3 is 14.5 Å². The van der Waals surface area contributed by atoms with Crippen molar-refractivity contribution in [2.45, 2.75) is 71.0 Å². The third kappa shape index (κ3) is 5.07. The van der Waals surface area contributed by atoms with E-state index in [0.29, 0.717) is 22.3 Å². The van der Waals surface area contributed by atoms with E-state index in [1.807, 2.05) is 17.6 Å². The Kier molecular flexibility index (Phi) is 7.77. The number of furan rings is 1. The molecule has 3 aromatic heterocycles. The van der Waals surface area contributed by atoms with Crippen molar-refractivity contribution >= 4 is 40.0 Å². The van der Waals surface area contributed by atoms with Crippen LogP contribution in [0.5, 0.6) is 0 Å². The van der Waals surface area contributed by atoms with Gasteiger partial charge in [0.15, 0.2) is 11.0 Å². The fourth-order valence-electron chi connectivity index (χ4n) is 4.18. The molecule has 8 nitrogen and oxygen atoms in total. The zero-order valence-electron chi connectivity index (χ0n) is 20.0. The molecule has 1 N–H and O–H groups in total. The van der Waals surface area contributed by atoms with E-state index in [9.17, 15) is 9.59 Å². The van der Waals surface area contributed by atoms with Crippen molar-refractivity contribution in [2.75, 3.05) is 17.7 Å². The molecule has 1 amide bonds. The highest BCUT2D eigenvalue weighted by Crippen LogP contribution is 2.38. The number of hydrogen-bond donors (Lipinski definition) is 1. The predicted octanol–water partition coefficient (Wildman–Crippen LogP) is 5.67. The molecule has 3 aromatic rings. The van der Waals surface area contributed by atoms with Gasteiger partial charge >= 0.3 is 5.97 Å². The second-order valence-corrected chi connectivity index (χ2v) is 10.5. The maximum atomic E-state index is 12.9. The Morgan fingerprint density at radius 2 is 2.06 bits per heavy atom. The number of aryl methyl sites for hydroxylation is 2. The average Bonchev–Trinajstić information content (AvgIpc) is 3.45. The van der Waals surface area contributed by atoms with Crippen molar-refractivity contribution in [2.24, 2.45) is 0 Å². The molecule has 0 aliphatic heterocycles. The summed E-state index contributed by atoms with van der Waals surface area (Å²) in [6, 6.07) is 1.98. The number of nitrogens with one attached hydrogen (secondary N) is 1. The van der Waals surface area contributed by atoms with Crippen LogP contribution < -0.4 is 5.32 Å². The Labute approximate surface area is 207 Å². The Hall–Kier alpha value is -2.59. The number of carbonyl (C=O) groups is 2. The van der Waals surface area contributed by atoms with Crippen LogP contribution in [-0.2, 0) is 22.4 Å². The van der Waals surface area contributed by atoms with Gasteiger partial charge in [-0.3, -0.25) is 9.36 Å². The molecule has 34 heavy (non-hydrogen) atoms. The fraction of sp³-hybridized carbons (Fsp3) is 0.500. The summed E-state index contributed by atoms with van der Waals surface area (Å²) in [5, 5.41) is 12.9. The van der Waals surface area contributed by atoms with Gasteiger partial charge in [0.05, 0.1) is 29.7 Å². The number of rotatable bonds is 8. The smallest absolute Gasteiger partial charge is 0.341 e. The zero-order valence-corrected chi connectivity index (χ0v) is 21.6. The molecule has 0 atom stereocenters. The summed E-state index contributed by atoms with van der Waals surface area (Å²) in [4.78, 5) is 26.8. The number of anilines is 1. The van der Waals surface area contributed by atoms with Gasteiger partial charge in [0, 0.05) is 10.9 Å². The minimum atomic E-state index is -0.357. The van der Waals surface area contributed by atoms with Crippen LogP contribution in [0.2, 0.25) is 0 Å². The molecular formula is C24H30N4O4S2. The number of nitrogens with zero attached hydrogens (tertiary/aromatic N) is 3. The predicted molar refractivity (Wildman–Crippen MR) is 134 cm³/mol. The third-order valence-corrected chi connectivity index (χ3v) is 7.92. The molecule has 1 aliphatic rings. The van der Waals surface area contributed by atoms with E-state index in [0.717, 1.165) is 54.8 Å². The fourth-order valence-corrected chi connectivity index (χ4v) is 6.35. The number of carbonyl (C=O) groups excluding carboxylic acids is 2. The van der Waals surface area contributed by atoms with E-state index in [1.165, 1.54) is 28.0 Å². The number of hydrogen-bond acceptors (Lipinski definition) is 8. The first-order valence-corrected chi connectivity index (χ1v) is 13.4. The van der Waals surface area contributed by atoms with E-state index < -0.39 is 0 Å². The molecule has 0 aromatic carbocycles. The molecule has 0 bridgehead atoms. The highest BCUT2D eigenvalue weighted by Gasteiger charge is 2.27. The SMILES string of the molecule is CCOC(=O)c1c(NC(=O)CSc2nnc(-c3ccoc3C)n2C(C)C)sc2c1CCCCC2. The number of aromatic nitrogens is 3. The normalized spacial score (nSPS) is 13.6. The van der Waals surface area contributed by atoms with Crippen LogP contribution in [0.4, 0.5) is 5.00 Å². The molecule has 0 saturated heterocycles. The summed E-state index contributed by atoms with van der Waals surface area (Å²) in [6.07, 6.45) is 6.71. The number of thiophene rings is 1. The van der Waals surface area contributed by atoms with Gasteiger partial charge in [-0.05, 0) is 65.0 Å². The molecule has 0 saturated carbocycles. The number of thioether (sulfide) groups is 1. The van der Waals surface area contributed by atoms with Crippen LogP contribution in [0.3, 0.4) is 0 Å². The van der Waals surface area contributed by atoms with Crippen molar-refractivity contribution in [3.8, 4) is 11.4 Å².